The van der Waals surface area contributed by atoms with Gasteiger partial charge in [-0.15, -0.1) is 0 Å². The highest BCUT2D eigenvalue weighted by atomic mass is 16.5. The second kappa shape index (κ2) is 13.4. The Hall–Kier alpha value is -2.87. The van der Waals surface area contributed by atoms with Crippen LogP contribution in [0.2, 0.25) is 0 Å². The van der Waals surface area contributed by atoms with Crippen molar-refractivity contribution in [2.24, 2.45) is 5.92 Å². The van der Waals surface area contributed by atoms with Crippen molar-refractivity contribution in [3.05, 3.63) is 65.9 Å². The summed E-state index contributed by atoms with van der Waals surface area (Å²) in [4.78, 5) is 2.25. The first-order chi connectivity index (χ1) is 17.3. The van der Waals surface area contributed by atoms with Crippen molar-refractivity contribution in [1.82, 2.24) is 14.7 Å². The fraction of sp³-hybridized carbons (Fsp3) is 0.483. The maximum absolute atomic E-state index is 10.7. The molecule has 0 spiro atoms. The Morgan fingerprint density at radius 3 is 2.19 bits per heavy atom. The van der Waals surface area contributed by atoms with E-state index >= 15 is 0 Å². The minimum Gasteiger partial charge on any atom is -0.497 e. The molecule has 1 aromatic heterocycles. The maximum atomic E-state index is 10.7. The van der Waals surface area contributed by atoms with Crippen LogP contribution in [0.5, 0.6) is 17.4 Å². The first-order valence-corrected chi connectivity index (χ1v) is 12.8. The number of hydrogen-bond acceptors (Lipinski definition) is 6. The van der Waals surface area contributed by atoms with Gasteiger partial charge in [0.15, 0.2) is 0 Å². The Morgan fingerprint density at radius 2 is 1.61 bits per heavy atom. The maximum Gasteiger partial charge on any atom is 0.227 e. The van der Waals surface area contributed by atoms with Crippen molar-refractivity contribution in [2.75, 3.05) is 26.9 Å². The number of aryl methyl sites for hydroxylation is 1. The first kappa shape index (κ1) is 27.7. The molecule has 36 heavy (non-hydrogen) atoms. The molecule has 0 saturated heterocycles. The van der Waals surface area contributed by atoms with E-state index in [-0.39, 0.29) is 6.04 Å². The smallest absolute Gasteiger partial charge is 0.227 e. The average Bonchev–Trinajstić information content (AvgIpc) is 3.21. The number of para-hydroxylation sites is 1. The van der Waals surface area contributed by atoms with Gasteiger partial charge in [0.05, 0.1) is 36.8 Å². The number of aromatic nitrogens is 2. The summed E-state index contributed by atoms with van der Waals surface area (Å²) in [6.07, 6.45) is 0.187. The number of aliphatic hydroxyl groups excluding tert-OH is 1. The van der Waals surface area contributed by atoms with Crippen molar-refractivity contribution >= 4 is 0 Å². The summed E-state index contributed by atoms with van der Waals surface area (Å²) < 4.78 is 19.3. The minimum absolute atomic E-state index is 0.211. The molecule has 0 aliphatic carbocycles. The molecule has 1 atom stereocenters. The van der Waals surface area contributed by atoms with Gasteiger partial charge in [-0.1, -0.05) is 39.0 Å². The standard InChI is InChI=1S/C29H41N3O4/c1-7-28-27(18-31(22(4)5)17-24(33)20-35-19-21(2)3)29(32(30-28)23-11-9-8-10-12-23)36-26-15-13-25(34-6)14-16-26/h8-16,21-22,24,33H,7,17-20H2,1-6H3/t24-/m0/s1. The number of methoxy groups -OCH3 is 1. The van der Waals surface area contributed by atoms with Gasteiger partial charge < -0.3 is 19.3 Å². The topological polar surface area (TPSA) is 69.0 Å². The summed E-state index contributed by atoms with van der Waals surface area (Å²) in [6, 6.07) is 17.8. The van der Waals surface area contributed by atoms with E-state index in [2.05, 4.69) is 39.5 Å². The number of rotatable bonds is 14. The van der Waals surface area contributed by atoms with Gasteiger partial charge in [-0.05, 0) is 62.6 Å². The number of aliphatic hydroxyl groups is 1. The van der Waals surface area contributed by atoms with Crippen LogP contribution in [0.1, 0.15) is 45.9 Å². The fourth-order valence-electron chi connectivity index (χ4n) is 3.95. The van der Waals surface area contributed by atoms with Gasteiger partial charge in [-0.3, -0.25) is 4.90 Å². The lowest BCUT2D eigenvalue weighted by Crippen LogP contribution is -2.39. The van der Waals surface area contributed by atoms with Crippen molar-refractivity contribution in [3.63, 3.8) is 0 Å². The SMILES string of the molecule is CCc1nn(-c2ccccc2)c(Oc2ccc(OC)cc2)c1CN(C[C@H](O)COCC(C)C)C(C)C. The van der Waals surface area contributed by atoms with E-state index in [9.17, 15) is 5.11 Å². The molecule has 0 bridgehead atoms. The number of nitrogens with zero attached hydrogens (tertiary/aromatic N) is 3. The molecule has 3 rings (SSSR count). The zero-order chi connectivity index (χ0) is 26.1. The molecule has 0 aliphatic rings. The summed E-state index contributed by atoms with van der Waals surface area (Å²) in [6.45, 7) is 12.6. The van der Waals surface area contributed by atoms with E-state index in [0.717, 1.165) is 29.1 Å². The van der Waals surface area contributed by atoms with Gasteiger partial charge in [0.1, 0.15) is 11.5 Å². The Labute approximate surface area is 215 Å². The van der Waals surface area contributed by atoms with E-state index in [1.807, 2.05) is 59.3 Å². The Kier molecular flexibility index (Phi) is 10.3. The van der Waals surface area contributed by atoms with E-state index < -0.39 is 6.10 Å². The molecule has 1 N–H and O–H groups in total. The van der Waals surface area contributed by atoms with Crippen molar-refractivity contribution in [2.45, 2.75) is 59.7 Å². The quantitative estimate of drug-likeness (QED) is 0.319. The van der Waals surface area contributed by atoms with Gasteiger partial charge in [0, 0.05) is 25.7 Å². The molecule has 0 aliphatic heterocycles. The predicted octanol–water partition coefficient (Wildman–Crippen LogP) is 5.48. The van der Waals surface area contributed by atoms with Crippen LogP contribution < -0.4 is 9.47 Å². The van der Waals surface area contributed by atoms with Crippen molar-refractivity contribution in [3.8, 4) is 23.1 Å². The first-order valence-electron chi connectivity index (χ1n) is 12.8. The Balaban J connectivity index is 1.94. The zero-order valence-electron chi connectivity index (χ0n) is 22.5. The molecule has 0 saturated carbocycles. The third-order valence-corrected chi connectivity index (χ3v) is 5.93. The number of ether oxygens (including phenoxy) is 3. The molecule has 2 aromatic carbocycles. The highest BCUT2D eigenvalue weighted by Crippen LogP contribution is 2.33. The molecular formula is C29H41N3O4. The molecule has 0 fully saturated rings. The fourth-order valence-corrected chi connectivity index (χ4v) is 3.95. The molecular weight excluding hydrogens is 454 g/mol. The minimum atomic E-state index is -0.577. The normalized spacial score (nSPS) is 12.5. The predicted molar refractivity (Wildman–Crippen MR) is 143 cm³/mol. The Morgan fingerprint density at radius 1 is 0.944 bits per heavy atom. The summed E-state index contributed by atoms with van der Waals surface area (Å²) in [5, 5.41) is 15.6. The monoisotopic (exact) mass is 495 g/mol. The third kappa shape index (κ3) is 7.56. The second-order valence-corrected chi connectivity index (χ2v) is 9.72. The van der Waals surface area contributed by atoms with Crippen LogP contribution in [-0.2, 0) is 17.7 Å². The summed E-state index contributed by atoms with van der Waals surface area (Å²) in [5.41, 5.74) is 2.92. The highest BCUT2D eigenvalue weighted by Gasteiger charge is 2.25. The van der Waals surface area contributed by atoms with Crippen LogP contribution in [0.3, 0.4) is 0 Å². The molecule has 0 radical (unpaired) electrons. The summed E-state index contributed by atoms with van der Waals surface area (Å²) in [5.74, 6) is 2.59. The van der Waals surface area contributed by atoms with E-state index in [0.29, 0.717) is 43.9 Å². The van der Waals surface area contributed by atoms with Gasteiger partial charge in [0.2, 0.25) is 5.88 Å². The van der Waals surface area contributed by atoms with Crippen LogP contribution >= 0.6 is 0 Å². The summed E-state index contributed by atoms with van der Waals surface area (Å²) in [7, 11) is 1.65. The molecule has 196 valence electrons. The van der Waals surface area contributed by atoms with Crippen LogP contribution in [0.25, 0.3) is 5.69 Å². The Bertz CT molecular complexity index is 1050. The second-order valence-electron chi connectivity index (χ2n) is 9.72. The van der Waals surface area contributed by atoms with Gasteiger partial charge in [0.25, 0.3) is 0 Å². The number of benzene rings is 2. The van der Waals surface area contributed by atoms with E-state index in [1.165, 1.54) is 0 Å². The van der Waals surface area contributed by atoms with Gasteiger partial charge in [-0.2, -0.15) is 5.10 Å². The summed E-state index contributed by atoms with van der Waals surface area (Å²) >= 11 is 0. The largest absolute Gasteiger partial charge is 0.497 e. The molecule has 7 heteroatoms. The zero-order valence-corrected chi connectivity index (χ0v) is 22.5. The van der Waals surface area contributed by atoms with Crippen molar-refractivity contribution < 1.29 is 19.3 Å². The lowest BCUT2D eigenvalue weighted by atomic mass is 10.1. The average molecular weight is 496 g/mol. The van der Waals surface area contributed by atoms with E-state index in [4.69, 9.17) is 19.3 Å². The lowest BCUT2D eigenvalue weighted by Gasteiger charge is -2.29. The van der Waals surface area contributed by atoms with Crippen LogP contribution in [0.4, 0.5) is 0 Å². The van der Waals surface area contributed by atoms with Crippen LogP contribution in [-0.4, -0.2) is 58.8 Å². The molecule has 1 heterocycles. The van der Waals surface area contributed by atoms with E-state index in [1.54, 1.807) is 7.11 Å². The lowest BCUT2D eigenvalue weighted by molar-refractivity contribution is 0.00160. The molecule has 3 aromatic rings. The van der Waals surface area contributed by atoms with Crippen LogP contribution in [0, 0.1) is 5.92 Å². The van der Waals surface area contributed by atoms with Crippen molar-refractivity contribution in [1.29, 1.82) is 0 Å². The molecule has 0 amide bonds. The number of hydrogen-bond donors (Lipinski definition) is 1. The van der Waals surface area contributed by atoms with Gasteiger partial charge >= 0.3 is 0 Å². The van der Waals surface area contributed by atoms with Crippen LogP contribution in [0.15, 0.2) is 54.6 Å². The third-order valence-electron chi connectivity index (χ3n) is 5.93. The highest BCUT2D eigenvalue weighted by molar-refractivity contribution is 5.44. The molecule has 7 nitrogen and oxygen atoms in total. The molecule has 0 unspecified atom stereocenters. The van der Waals surface area contributed by atoms with Gasteiger partial charge in [-0.25, -0.2) is 4.68 Å².